The van der Waals surface area contributed by atoms with Gasteiger partial charge in [-0.2, -0.15) is 0 Å². The molecule has 2 aliphatic heterocycles. The van der Waals surface area contributed by atoms with E-state index < -0.39 is 0 Å². The molecule has 2 saturated heterocycles. The van der Waals surface area contributed by atoms with Crippen molar-refractivity contribution in [2.75, 3.05) is 0 Å². The molecule has 2 heterocycles. The summed E-state index contributed by atoms with van der Waals surface area (Å²) in [7, 11) is 0. The molecular formula is C23H27N. The van der Waals surface area contributed by atoms with E-state index >= 15 is 0 Å². The maximum atomic E-state index is 2.96. The van der Waals surface area contributed by atoms with Crippen molar-refractivity contribution in [3.63, 3.8) is 0 Å². The smallest absolute Gasteiger partial charge is 0.0357 e. The van der Waals surface area contributed by atoms with Gasteiger partial charge in [0.2, 0.25) is 0 Å². The Labute approximate surface area is 145 Å². The first-order chi connectivity index (χ1) is 11.9. The fraction of sp³-hybridized carbons (Fsp3) is 0.478. The predicted molar refractivity (Wildman–Crippen MR) is 98.7 cm³/mol. The van der Waals surface area contributed by atoms with Gasteiger partial charge in [0.05, 0.1) is 0 Å². The van der Waals surface area contributed by atoms with Gasteiger partial charge in [-0.1, -0.05) is 60.7 Å². The summed E-state index contributed by atoms with van der Waals surface area (Å²) in [4.78, 5) is 2.96. The van der Waals surface area contributed by atoms with E-state index in [1.54, 1.807) is 0 Å². The second-order valence-electron chi connectivity index (χ2n) is 8.04. The molecule has 1 heteroatoms. The van der Waals surface area contributed by atoms with Gasteiger partial charge in [-0.3, -0.25) is 4.90 Å². The molecule has 2 aromatic rings. The van der Waals surface area contributed by atoms with Crippen molar-refractivity contribution in [1.29, 1.82) is 0 Å². The normalized spacial score (nSPS) is 35.6. The van der Waals surface area contributed by atoms with Gasteiger partial charge in [-0.15, -0.1) is 0 Å². The average Bonchev–Trinajstić information content (AvgIpc) is 3.08. The first-order valence-corrected chi connectivity index (χ1v) is 9.79. The summed E-state index contributed by atoms with van der Waals surface area (Å²) in [5, 5.41) is 0. The Bertz CT molecular complexity index is 620. The third-order valence-electron chi connectivity index (χ3n) is 6.93. The van der Waals surface area contributed by atoms with Crippen molar-refractivity contribution in [2.45, 2.75) is 56.7 Å². The first kappa shape index (κ1) is 14.7. The van der Waals surface area contributed by atoms with E-state index in [0.717, 1.165) is 17.9 Å². The minimum Gasteiger partial charge on any atom is -0.286 e. The molecule has 1 nitrogen and oxygen atoms in total. The van der Waals surface area contributed by atoms with Crippen LogP contribution >= 0.6 is 0 Å². The van der Waals surface area contributed by atoms with E-state index in [2.05, 4.69) is 65.6 Å². The summed E-state index contributed by atoms with van der Waals surface area (Å²) >= 11 is 0. The number of hydrogen-bond acceptors (Lipinski definition) is 1. The van der Waals surface area contributed by atoms with Crippen LogP contribution in [0.15, 0.2) is 60.7 Å². The van der Waals surface area contributed by atoms with Gasteiger partial charge in [-0.05, 0) is 61.5 Å². The molecule has 1 unspecified atom stereocenters. The van der Waals surface area contributed by atoms with Gasteiger partial charge in [0.25, 0.3) is 0 Å². The average molecular weight is 317 g/mol. The molecule has 3 fully saturated rings. The largest absolute Gasteiger partial charge is 0.286 e. The fourth-order valence-electron chi connectivity index (χ4n) is 5.97. The lowest BCUT2D eigenvalue weighted by molar-refractivity contribution is -0.0388. The van der Waals surface area contributed by atoms with Gasteiger partial charge in [-0.25, -0.2) is 0 Å². The number of rotatable bonds is 2. The molecular weight excluding hydrogens is 290 g/mol. The molecule has 0 amide bonds. The minimum atomic E-state index is 0.610. The van der Waals surface area contributed by atoms with Crippen LogP contribution < -0.4 is 0 Å². The Morgan fingerprint density at radius 2 is 0.958 bits per heavy atom. The highest BCUT2D eigenvalue weighted by Crippen LogP contribution is 2.55. The first-order valence-electron chi connectivity index (χ1n) is 9.79. The Morgan fingerprint density at radius 1 is 0.542 bits per heavy atom. The number of nitrogens with zero attached hydrogens (tertiary/aromatic N) is 1. The van der Waals surface area contributed by atoms with Gasteiger partial charge in [0.15, 0.2) is 0 Å². The molecule has 124 valence electrons. The monoisotopic (exact) mass is 317 g/mol. The predicted octanol–water partition coefficient (Wildman–Crippen LogP) is 5.75. The van der Waals surface area contributed by atoms with Gasteiger partial charge < -0.3 is 0 Å². The molecule has 0 N–H and O–H groups in total. The zero-order chi connectivity index (χ0) is 15.9. The van der Waals surface area contributed by atoms with E-state index in [4.69, 9.17) is 0 Å². The van der Waals surface area contributed by atoms with Crippen LogP contribution in [-0.2, 0) is 0 Å². The standard InChI is InChI=1S/C23H27N/c1-3-7-17(8-4-1)21-15-13-19-11-12-20-14-16-22(24(21)23(19)20)18-9-5-2-6-10-18/h1-10,19-23H,11-16H2/t19-,20+,21+,22-,23?. The zero-order valence-corrected chi connectivity index (χ0v) is 14.4. The van der Waals surface area contributed by atoms with Crippen molar-refractivity contribution in [3.05, 3.63) is 71.8 Å². The lowest BCUT2D eigenvalue weighted by Gasteiger charge is -2.53. The SMILES string of the molecule is c1ccc([C@H]2CC[C@@H]3CC[C@@H]4CC[C@@H](c5ccccc5)N2C43)cc1. The van der Waals surface area contributed by atoms with Crippen LogP contribution in [0.3, 0.4) is 0 Å². The Hall–Kier alpha value is -1.60. The number of benzene rings is 2. The van der Waals surface area contributed by atoms with Crippen LogP contribution in [0.4, 0.5) is 0 Å². The summed E-state index contributed by atoms with van der Waals surface area (Å²) in [6, 6.07) is 24.6. The van der Waals surface area contributed by atoms with Crippen LogP contribution in [0.25, 0.3) is 0 Å². The van der Waals surface area contributed by atoms with Crippen LogP contribution in [0, 0.1) is 11.8 Å². The third kappa shape index (κ3) is 2.33. The third-order valence-corrected chi connectivity index (χ3v) is 6.93. The molecule has 0 radical (unpaired) electrons. The van der Waals surface area contributed by atoms with Gasteiger partial charge in [0.1, 0.15) is 0 Å². The fourth-order valence-corrected chi connectivity index (χ4v) is 5.97. The van der Waals surface area contributed by atoms with E-state index in [-0.39, 0.29) is 0 Å². The summed E-state index contributed by atoms with van der Waals surface area (Å²) in [5.74, 6) is 1.89. The van der Waals surface area contributed by atoms with Gasteiger partial charge in [0, 0.05) is 18.1 Å². The lowest BCUT2D eigenvalue weighted by Crippen LogP contribution is -2.52. The van der Waals surface area contributed by atoms with E-state index in [1.807, 2.05) is 0 Å². The van der Waals surface area contributed by atoms with Gasteiger partial charge >= 0.3 is 0 Å². The Balaban J connectivity index is 1.57. The Kier molecular flexibility index (Phi) is 3.70. The van der Waals surface area contributed by atoms with Crippen LogP contribution in [-0.4, -0.2) is 10.9 Å². The maximum absolute atomic E-state index is 2.96. The topological polar surface area (TPSA) is 3.24 Å². The molecule has 1 aliphatic carbocycles. The molecule has 5 rings (SSSR count). The summed E-state index contributed by atoms with van der Waals surface area (Å²) in [6.45, 7) is 0. The molecule has 0 bridgehead atoms. The van der Waals surface area contributed by atoms with E-state index in [1.165, 1.54) is 49.7 Å². The van der Waals surface area contributed by atoms with Crippen molar-refractivity contribution in [2.24, 2.45) is 11.8 Å². The number of hydrogen-bond donors (Lipinski definition) is 0. The van der Waals surface area contributed by atoms with Crippen molar-refractivity contribution in [3.8, 4) is 0 Å². The molecule has 1 saturated carbocycles. The highest BCUT2D eigenvalue weighted by atomic mass is 15.2. The van der Waals surface area contributed by atoms with E-state index in [9.17, 15) is 0 Å². The quantitative estimate of drug-likeness (QED) is 0.681. The van der Waals surface area contributed by atoms with Crippen molar-refractivity contribution in [1.82, 2.24) is 4.90 Å². The summed E-state index contributed by atoms with van der Waals surface area (Å²) < 4.78 is 0. The summed E-state index contributed by atoms with van der Waals surface area (Å²) in [6.07, 6.45) is 8.46. The highest BCUT2D eigenvalue weighted by molar-refractivity contribution is 5.26. The molecule has 24 heavy (non-hydrogen) atoms. The second kappa shape index (κ2) is 6.04. The molecule has 3 aliphatic rings. The molecule has 0 spiro atoms. The highest BCUT2D eigenvalue weighted by Gasteiger charge is 2.50. The lowest BCUT2D eigenvalue weighted by atomic mass is 9.75. The van der Waals surface area contributed by atoms with Crippen LogP contribution in [0.5, 0.6) is 0 Å². The van der Waals surface area contributed by atoms with Crippen LogP contribution in [0.1, 0.15) is 61.7 Å². The van der Waals surface area contributed by atoms with E-state index in [0.29, 0.717) is 12.1 Å². The maximum Gasteiger partial charge on any atom is 0.0357 e. The summed E-state index contributed by atoms with van der Waals surface area (Å²) in [5.41, 5.74) is 3.06. The molecule has 0 aromatic heterocycles. The minimum absolute atomic E-state index is 0.610. The molecule has 5 atom stereocenters. The van der Waals surface area contributed by atoms with Crippen molar-refractivity contribution >= 4 is 0 Å². The van der Waals surface area contributed by atoms with Crippen molar-refractivity contribution < 1.29 is 0 Å². The molecule has 2 aromatic carbocycles. The number of piperidine rings is 2. The zero-order valence-electron chi connectivity index (χ0n) is 14.4. The van der Waals surface area contributed by atoms with Crippen LogP contribution in [0.2, 0.25) is 0 Å². The Morgan fingerprint density at radius 3 is 1.42 bits per heavy atom. The second-order valence-corrected chi connectivity index (χ2v) is 8.04.